The van der Waals surface area contributed by atoms with Gasteiger partial charge in [0.1, 0.15) is 23.4 Å². The molecule has 0 spiro atoms. The molecule has 1 N–H and O–H groups in total. The zero-order chi connectivity index (χ0) is 20.9. The number of nitrogens with zero attached hydrogens (tertiary/aromatic N) is 3. The first-order chi connectivity index (χ1) is 14.6. The summed E-state index contributed by atoms with van der Waals surface area (Å²) in [6.07, 6.45) is 2.32. The van der Waals surface area contributed by atoms with E-state index in [1.165, 1.54) is 23.7 Å². The molecule has 4 rings (SSSR count). The fourth-order valence-electron chi connectivity index (χ4n) is 3.58. The number of benzene rings is 2. The molecule has 30 heavy (non-hydrogen) atoms. The van der Waals surface area contributed by atoms with Crippen LogP contribution in [0.4, 0.5) is 9.52 Å². The highest BCUT2D eigenvalue weighted by atomic mass is 32.1. The molecule has 3 aromatic rings. The molecule has 1 fully saturated rings. The predicted molar refractivity (Wildman–Crippen MR) is 114 cm³/mol. The van der Waals surface area contributed by atoms with Gasteiger partial charge in [-0.05, 0) is 48.2 Å². The van der Waals surface area contributed by atoms with Gasteiger partial charge in [-0.2, -0.15) is 4.37 Å². The molecule has 1 aliphatic heterocycles. The van der Waals surface area contributed by atoms with Crippen LogP contribution in [0.1, 0.15) is 29.8 Å². The molecule has 0 radical (unpaired) electrons. The van der Waals surface area contributed by atoms with Crippen LogP contribution in [0.25, 0.3) is 0 Å². The number of anilines is 1. The smallest absolute Gasteiger partial charge is 0.243 e. The fraction of sp³-hybridized carbons (Fsp3) is 0.318. The zero-order valence-electron chi connectivity index (χ0n) is 16.7. The van der Waals surface area contributed by atoms with Gasteiger partial charge in [0, 0.05) is 31.0 Å². The van der Waals surface area contributed by atoms with E-state index in [2.05, 4.69) is 14.7 Å². The highest BCUT2D eigenvalue weighted by Crippen LogP contribution is 2.28. The Labute approximate surface area is 178 Å². The summed E-state index contributed by atoms with van der Waals surface area (Å²) in [6.45, 7) is 1.16. The van der Waals surface area contributed by atoms with Crippen molar-refractivity contribution >= 4 is 22.6 Å². The van der Waals surface area contributed by atoms with Crippen molar-refractivity contribution < 1.29 is 13.9 Å². The molecular formula is C22H23FN4O2S. The lowest BCUT2D eigenvalue weighted by atomic mass is 10.1. The second-order valence-electron chi connectivity index (χ2n) is 7.22. The van der Waals surface area contributed by atoms with Gasteiger partial charge in [0.25, 0.3) is 0 Å². The van der Waals surface area contributed by atoms with Crippen LogP contribution in [0.2, 0.25) is 0 Å². The Hall–Kier alpha value is -3.00. The Morgan fingerprint density at radius 2 is 2.10 bits per heavy atom. The third-order valence-electron chi connectivity index (χ3n) is 5.13. The van der Waals surface area contributed by atoms with Crippen LogP contribution in [-0.2, 0) is 17.8 Å². The number of amides is 1. The minimum absolute atomic E-state index is 0.0404. The molecule has 1 unspecified atom stereocenters. The van der Waals surface area contributed by atoms with E-state index < -0.39 is 0 Å². The molecule has 6 nitrogen and oxygen atoms in total. The number of methoxy groups -OCH3 is 1. The normalized spacial score (nSPS) is 15.9. The molecule has 1 aromatic heterocycles. The van der Waals surface area contributed by atoms with Crippen LogP contribution in [0, 0.1) is 5.82 Å². The monoisotopic (exact) mass is 426 g/mol. The minimum atomic E-state index is -0.284. The fourth-order valence-corrected chi connectivity index (χ4v) is 4.34. The maximum atomic E-state index is 13.0. The van der Waals surface area contributed by atoms with Crippen LogP contribution in [0.15, 0.2) is 48.5 Å². The summed E-state index contributed by atoms with van der Waals surface area (Å²) >= 11 is 1.33. The summed E-state index contributed by atoms with van der Waals surface area (Å²) in [5, 5.41) is 3.73. The Morgan fingerprint density at radius 3 is 2.90 bits per heavy atom. The zero-order valence-corrected chi connectivity index (χ0v) is 17.5. The molecular weight excluding hydrogens is 403 g/mol. The number of nitrogens with one attached hydrogen (secondary N) is 1. The Kier molecular flexibility index (Phi) is 6.23. The molecule has 8 heteroatoms. The second-order valence-corrected chi connectivity index (χ2v) is 7.95. The number of rotatable bonds is 7. The molecule has 1 saturated heterocycles. The van der Waals surface area contributed by atoms with Crippen LogP contribution in [0.3, 0.4) is 0 Å². The maximum Gasteiger partial charge on any atom is 0.243 e. The number of ether oxygens (including phenoxy) is 1. The summed E-state index contributed by atoms with van der Waals surface area (Å²) in [5.74, 6) is 1.22. The number of carbonyl (C=O) groups excluding carboxylic acids is 1. The predicted octanol–water partition coefficient (Wildman–Crippen LogP) is 3.56. The van der Waals surface area contributed by atoms with Crippen molar-refractivity contribution in [2.75, 3.05) is 18.6 Å². The first-order valence-corrected chi connectivity index (χ1v) is 10.6. The van der Waals surface area contributed by atoms with Gasteiger partial charge < -0.3 is 15.0 Å². The Bertz CT molecular complexity index is 1010. The lowest BCUT2D eigenvalue weighted by molar-refractivity contribution is -0.122. The van der Waals surface area contributed by atoms with Crippen molar-refractivity contribution in [2.24, 2.45) is 0 Å². The molecule has 0 bridgehead atoms. The summed E-state index contributed by atoms with van der Waals surface area (Å²) in [6, 6.07) is 13.7. The van der Waals surface area contributed by atoms with E-state index in [-0.39, 0.29) is 17.8 Å². The van der Waals surface area contributed by atoms with E-state index in [1.807, 2.05) is 29.2 Å². The van der Waals surface area contributed by atoms with E-state index in [0.717, 1.165) is 47.2 Å². The number of hydrogen-bond donors (Lipinski definition) is 1. The van der Waals surface area contributed by atoms with Crippen molar-refractivity contribution in [2.45, 2.75) is 31.8 Å². The lowest BCUT2D eigenvalue weighted by Crippen LogP contribution is -2.43. The van der Waals surface area contributed by atoms with Crippen molar-refractivity contribution in [3.8, 4) is 5.75 Å². The van der Waals surface area contributed by atoms with Crippen molar-refractivity contribution in [1.82, 2.24) is 14.7 Å². The molecule has 1 amide bonds. The van der Waals surface area contributed by atoms with Crippen LogP contribution < -0.4 is 15.0 Å². The molecule has 1 atom stereocenters. The van der Waals surface area contributed by atoms with Gasteiger partial charge in [-0.1, -0.05) is 24.3 Å². The van der Waals surface area contributed by atoms with Gasteiger partial charge in [-0.3, -0.25) is 4.79 Å². The number of halogens is 1. The maximum absolute atomic E-state index is 13.0. The van der Waals surface area contributed by atoms with E-state index in [9.17, 15) is 9.18 Å². The molecule has 2 aromatic carbocycles. The first kappa shape index (κ1) is 20.3. The standard InChI is InChI=1S/C22H23FN4O2S/c1-29-18-5-2-4-16(12-18)13-20-25-22(30-26-20)27-11-3-6-19(27)21(28)24-14-15-7-9-17(23)10-8-15/h2,4-5,7-10,12,19H,3,6,11,13-14H2,1H3,(H,24,28). The van der Waals surface area contributed by atoms with Gasteiger partial charge >= 0.3 is 0 Å². The SMILES string of the molecule is COc1cccc(Cc2nsc(N3CCCC3C(=O)NCc3ccc(F)cc3)n2)c1. The summed E-state index contributed by atoms with van der Waals surface area (Å²) in [5.41, 5.74) is 1.94. The summed E-state index contributed by atoms with van der Waals surface area (Å²) in [4.78, 5) is 19.5. The first-order valence-electron chi connectivity index (χ1n) is 9.86. The van der Waals surface area contributed by atoms with Crippen molar-refractivity contribution in [1.29, 1.82) is 0 Å². The topological polar surface area (TPSA) is 67.3 Å². The van der Waals surface area contributed by atoms with E-state index >= 15 is 0 Å². The van der Waals surface area contributed by atoms with Gasteiger partial charge in [0.15, 0.2) is 0 Å². The average Bonchev–Trinajstić information content (AvgIpc) is 3.43. The number of aromatic nitrogens is 2. The van der Waals surface area contributed by atoms with Gasteiger partial charge in [0.2, 0.25) is 11.0 Å². The summed E-state index contributed by atoms with van der Waals surface area (Å²) < 4.78 is 22.8. The van der Waals surface area contributed by atoms with Crippen molar-refractivity contribution in [3.05, 3.63) is 71.3 Å². The molecule has 1 aliphatic rings. The lowest BCUT2D eigenvalue weighted by Gasteiger charge is -2.22. The van der Waals surface area contributed by atoms with Gasteiger partial charge in [-0.15, -0.1) is 0 Å². The number of hydrogen-bond acceptors (Lipinski definition) is 6. The molecule has 156 valence electrons. The van der Waals surface area contributed by atoms with E-state index in [1.54, 1.807) is 19.2 Å². The summed E-state index contributed by atoms with van der Waals surface area (Å²) in [7, 11) is 1.65. The largest absolute Gasteiger partial charge is 0.497 e. The second kappa shape index (κ2) is 9.21. The van der Waals surface area contributed by atoms with Crippen LogP contribution in [-0.4, -0.2) is 35.0 Å². The van der Waals surface area contributed by atoms with E-state index in [0.29, 0.717) is 13.0 Å². The molecule has 0 aliphatic carbocycles. The Balaban J connectivity index is 1.39. The average molecular weight is 427 g/mol. The van der Waals surface area contributed by atoms with Gasteiger partial charge in [-0.25, -0.2) is 9.37 Å². The van der Waals surface area contributed by atoms with Gasteiger partial charge in [0.05, 0.1) is 7.11 Å². The van der Waals surface area contributed by atoms with Crippen LogP contribution >= 0.6 is 11.5 Å². The number of carbonyl (C=O) groups is 1. The molecule has 0 saturated carbocycles. The minimum Gasteiger partial charge on any atom is -0.497 e. The third kappa shape index (κ3) is 4.76. The quantitative estimate of drug-likeness (QED) is 0.626. The Morgan fingerprint density at radius 1 is 1.27 bits per heavy atom. The van der Waals surface area contributed by atoms with Crippen molar-refractivity contribution in [3.63, 3.8) is 0 Å². The highest BCUT2D eigenvalue weighted by Gasteiger charge is 2.32. The van der Waals surface area contributed by atoms with E-state index in [4.69, 9.17) is 4.74 Å². The van der Waals surface area contributed by atoms with Crippen LogP contribution in [0.5, 0.6) is 5.75 Å². The third-order valence-corrected chi connectivity index (χ3v) is 5.93. The highest BCUT2D eigenvalue weighted by molar-refractivity contribution is 7.09. The molecule has 2 heterocycles.